The van der Waals surface area contributed by atoms with Gasteiger partial charge >= 0.3 is 0 Å². The summed E-state index contributed by atoms with van der Waals surface area (Å²) in [5, 5.41) is 7.15. The molecular formula is C26H20O4S2. The smallest absolute Gasteiger partial charge is 0.161 e. The van der Waals surface area contributed by atoms with Crippen molar-refractivity contribution in [3.05, 3.63) is 48.5 Å². The van der Waals surface area contributed by atoms with E-state index in [1.54, 1.807) is 28.4 Å². The Labute approximate surface area is 192 Å². The summed E-state index contributed by atoms with van der Waals surface area (Å²) >= 11 is 3.69. The van der Waals surface area contributed by atoms with E-state index in [0.717, 1.165) is 44.5 Å². The van der Waals surface area contributed by atoms with Crippen molar-refractivity contribution in [2.75, 3.05) is 28.4 Å². The number of thiophene rings is 2. The van der Waals surface area contributed by atoms with E-state index in [1.807, 2.05) is 34.8 Å². The van der Waals surface area contributed by atoms with Gasteiger partial charge in [-0.05, 0) is 70.1 Å². The van der Waals surface area contributed by atoms with Crippen LogP contribution in [-0.4, -0.2) is 28.4 Å². The highest BCUT2D eigenvalue weighted by atomic mass is 32.1. The van der Waals surface area contributed by atoms with E-state index >= 15 is 0 Å². The van der Waals surface area contributed by atoms with Crippen molar-refractivity contribution < 1.29 is 18.9 Å². The number of methoxy groups -OCH3 is 4. The third-order valence-corrected chi connectivity index (χ3v) is 8.50. The minimum absolute atomic E-state index is 0.747. The van der Waals surface area contributed by atoms with Crippen LogP contribution < -0.4 is 18.9 Å². The van der Waals surface area contributed by atoms with Crippen molar-refractivity contribution >= 4 is 73.8 Å². The molecule has 0 bridgehead atoms. The molecule has 0 radical (unpaired) electrons. The minimum atomic E-state index is 0.747. The van der Waals surface area contributed by atoms with Crippen molar-refractivity contribution in [1.82, 2.24) is 0 Å². The van der Waals surface area contributed by atoms with E-state index in [1.165, 1.54) is 29.6 Å². The number of hydrogen-bond acceptors (Lipinski definition) is 6. The summed E-state index contributed by atoms with van der Waals surface area (Å²) < 4.78 is 27.2. The Morgan fingerprint density at radius 2 is 0.750 bits per heavy atom. The summed E-state index contributed by atoms with van der Waals surface area (Å²) in [7, 11) is 6.69. The van der Waals surface area contributed by atoms with Gasteiger partial charge in [0.2, 0.25) is 0 Å². The Morgan fingerprint density at radius 3 is 1.06 bits per heavy atom. The van der Waals surface area contributed by atoms with Crippen molar-refractivity contribution in [3.8, 4) is 23.0 Å². The van der Waals surface area contributed by atoms with E-state index in [0.29, 0.717) is 0 Å². The molecule has 4 nitrogen and oxygen atoms in total. The Bertz CT molecular complexity index is 1550. The highest BCUT2D eigenvalue weighted by Crippen LogP contribution is 2.47. The summed E-state index contributed by atoms with van der Waals surface area (Å²) in [6.07, 6.45) is 0. The van der Waals surface area contributed by atoms with Gasteiger partial charge in [0, 0.05) is 20.2 Å². The highest BCUT2D eigenvalue weighted by Gasteiger charge is 2.16. The fourth-order valence-electron chi connectivity index (χ4n) is 4.40. The minimum Gasteiger partial charge on any atom is -0.493 e. The van der Waals surface area contributed by atoms with Gasteiger partial charge in [-0.3, -0.25) is 0 Å². The quantitative estimate of drug-likeness (QED) is 0.271. The molecule has 0 saturated carbocycles. The predicted molar refractivity (Wildman–Crippen MR) is 136 cm³/mol. The van der Waals surface area contributed by atoms with Crippen LogP contribution in [0.4, 0.5) is 0 Å². The van der Waals surface area contributed by atoms with E-state index in [4.69, 9.17) is 18.9 Å². The molecule has 6 aromatic rings. The fraction of sp³-hybridized carbons (Fsp3) is 0.154. The molecule has 32 heavy (non-hydrogen) atoms. The molecule has 0 aliphatic rings. The number of hydrogen-bond donors (Lipinski definition) is 0. The number of fused-ring (bicyclic) bond motifs is 7. The zero-order chi connectivity index (χ0) is 22.0. The molecule has 0 atom stereocenters. The molecule has 0 amide bonds. The normalized spacial score (nSPS) is 11.8. The topological polar surface area (TPSA) is 36.9 Å². The van der Waals surface area contributed by atoms with Gasteiger partial charge in [0.15, 0.2) is 23.0 Å². The number of rotatable bonds is 4. The van der Waals surface area contributed by atoms with Crippen LogP contribution in [-0.2, 0) is 0 Å². The molecule has 6 heteroatoms. The molecule has 0 saturated heterocycles. The monoisotopic (exact) mass is 460 g/mol. The molecule has 0 N–H and O–H groups in total. The summed E-state index contributed by atoms with van der Waals surface area (Å²) in [5.41, 5.74) is 0. The lowest BCUT2D eigenvalue weighted by atomic mass is 10.1. The van der Waals surface area contributed by atoms with E-state index < -0.39 is 0 Å². The molecule has 2 aromatic heterocycles. The van der Waals surface area contributed by atoms with Crippen molar-refractivity contribution in [2.45, 2.75) is 0 Å². The maximum absolute atomic E-state index is 5.51. The van der Waals surface area contributed by atoms with Crippen LogP contribution in [0.15, 0.2) is 48.5 Å². The average Bonchev–Trinajstić information content (AvgIpc) is 3.34. The first-order valence-corrected chi connectivity index (χ1v) is 11.8. The first-order valence-electron chi connectivity index (χ1n) is 10.1. The standard InChI is InChI=1S/C26H20O4S2/c1-27-19-7-13-5-17-23(11-15(13)9-21(19)29-3)31-26-18-6-14-8-20(28-2)22(30-4)10-16(14)12-24(18)32-25(17)26/h5-12H,1-4H3. The van der Waals surface area contributed by atoms with Crippen LogP contribution in [0, 0.1) is 0 Å². The molecule has 0 fully saturated rings. The van der Waals surface area contributed by atoms with Crippen LogP contribution in [0.3, 0.4) is 0 Å². The Kier molecular flexibility index (Phi) is 4.35. The van der Waals surface area contributed by atoms with Crippen LogP contribution in [0.2, 0.25) is 0 Å². The van der Waals surface area contributed by atoms with Gasteiger partial charge in [-0.15, -0.1) is 22.7 Å². The molecule has 0 unspecified atom stereocenters. The second kappa shape index (κ2) is 7.15. The van der Waals surface area contributed by atoms with Gasteiger partial charge in [0.05, 0.1) is 37.8 Å². The van der Waals surface area contributed by atoms with Gasteiger partial charge in [0.25, 0.3) is 0 Å². The van der Waals surface area contributed by atoms with Crippen LogP contribution in [0.25, 0.3) is 51.1 Å². The van der Waals surface area contributed by atoms with E-state index in [-0.39, 0.29) is 0 Å². The molecule has 2 heterocycles. The maximum atomic E-state index is 5.51. The molecule has 4 aromatic carbocycles. The number of ether oxygens (including phenoxy) is 4. The lowest BCUT2D eigenvalue weighted by Crippen LogP contribution is -1.90. The molecule has 0 aliphatic heterocycles. The fourth-order valence-corrected chi connectivity index (χ4v) is 7.10. The first-order chi connectivity index (χ1) is 15.6. The predicted octanol–water partition coefficient (Wildman–Crippen LogP) is 7.61. The summed E-state index contributed by atoms with van der Waals surface area (Å²) in [6, 6.07) is 17.3. The van der Waals surface area contributed by atoms with Gasteiger partial charge in [-0.2, -0.15) is 0 Å². The van der Waals surface area contributed by atoms with E-state index in [2.05, 4.69) is 36.4 Å². The Morgan fingerprint density at radius 1 is 0.438 bits per heavy atom. The molecule has 6 rings (SSSR count). The Hall–Kier alpha value is -3.22. The van der Waals surface area contributed by atoms with Gasteiger partial charge in [0.1, 0.15) is 0 Å². The maximum Gasteiger partial charge on any atom is 0.161 e. The summed E-state index contributed by atoms with van der Waals surface area (Å²) in [5.74, 6) is 2.99. The lowest BCUT2D eigenvalue weighted by molar-refractivity contribution is 0.356. The third kappa shape index (κ3) is 2.73. The van der Waals surface area contributed by atoms with Crippen LogP contribution in [0.1, 0.15) is 0 Å². The van der Waals surface area contributed by atoms with Gasteiger partial charge in [-0.25, -0.2) is 0 Å². The van der Waals surface area contributed by atoms with Crippen molar-refractivity contribution in [3.63, 3.8) is 0 Å². The molecular weight excluding hydrogens is 440 g/mol. The Balaban J connectivity index is 1.65. The lowest BCUT2D eigenvalue weighted by Gasteiger charge is -2.09. The zero-order valence-corrected chi connectivity index (χ0v) is 19.7. The first kappa shape index (κ1) is 19.5. The van der Waals surface area contributed by atoms with Gasteiger partial charge in [-0.1, -0.05) is 0 Å². The SMILES string of the molecule is COc1cc2cc3sc4c5cc6cc(OC)c(OC)cc6cc5sc4c3cc2cc1OC. The average molecular weight is 461 g/mol. The molecule has 0 aliphatic carbocycles. The zero-order valence-electron chi connectivity index (χ0n) is 18.1. The van der Waals surface area contributed by atoms with Crippen molar-refractivity contribution in [2.24, 2.45) is 0 Å². The molecule has 0 spiro atoms. The van der Waals surface area contributed by atoms with Gasteiger partial charge < -0.3 is 18.9 Å². The third-order valence-electron chi connectivity index (χ3n) is 6.00. The van der Waals surface area contributed by atoms with E-state index in [9.17, 15) is 0 Å². The summed E-state index contributed by atoms with van der Waals surface area (Å²) in [6.45, 7) is 0. The second-order valence-corrected chi connectivity index (χ2v) is 9.77. The molecule has 160 valence electrons. The largest absolute Gasteiger partial charge is 0.493 e. The number of benzene rings is 4. The highest BCUT2D eigenvalue weighted by molar-refractivity contribution is 7.36. The van der Waals surface area contributed by atoms with Crippen molar-refractivity contribution in [1.29, 1.82) is 0 Å². The van der Waals surface area contributed by atoms with Crippen LogP contribution >= 0.6 is 22.7 Å². The summed E-state index contributed by atoms with van der Waals surface area (Å²) in [4.78, 5) is 0. The second-order valence-electron chi connectivity index (χ2n) is 7.67. The van der Waals surface area contributed by atoms with Crippen LogP contribution in [0.5, 0.6) is 23.0 Å².